The lowest BCUT2D eigenvalue weighted by Crippen LogP contribution is -2.45. The molecule has 4 nitrogen and oxygen atoms in total. The van der Waals surface area contributed by atoms with Crippen molar-refractivity contribution >= 4 is 0 Å². The molecule has 0 fully saturated rings. The van der Waals surface area contributed by atoms with Gasteiger partial charge >= 0.3 is 0 Å². The molecule has 1 aliphatic carbocycles. The summed E-state index contributed by atoms with van der Waals surface area (Å²) in [6, 6.07) is -0.0610. The zero-order valence-corrected chi connectivity index (χ0v) is 9.28. The lowest BCUT2D eigenvalue weighted by Gasteiger charge is -2.36. The minimum atomic E-state index is -0.269. The van der Waals surface area contributed by atoms with Gasteiger partial charge in [0.2, 0.25) is 0 Å². The van der Waals surface area contributed by atoms with Gasteiger partial charge in [-0.05, 0) is 20.8 Å². The van der Waals surface area contributed by atoms with Crippen molar-refractivity contribution in [3.05, 3.63) is 35.4 Å². The lowest BCUT2D eigenvalue weighted by atomic mass is 9.71. The van der Waals surface area contributed by atoms with Gasteiger partial charge in [0.05, 0.1) is 5.41 Å². The molecular formula is C11H16N4. The molecule has 1 heterocycles. The summed E-state index contributed by atoms with van der Waals surface area (Å²) in [6.45, 7) is 6.29. The number of aromatic amines is 1. The molecule has 0 aromatic carbocycles. The van der Waals surface area contributed by atoms with Crippen LogP contribution in [-0.4, -0.2) is 21.2 Å². The Morgan fingerprint density at radius 1 is 1.47 bits per heavy atom. The van der Waals surface area contributed by atoms with Gasteiger partial charge in [0.1, 0.15) is 12.2 Å². The van der Waals surface area contributed by atoms with Gasteiger partial charge in [0.25, 0.3) is 0 Å². The van der Waals surface area contributed by atoms with Gasteiger partial charge in [-0.2, -0.15) is 5.10 Å². The summed E-state index contributed by atoms with van der Waals surface area (Å²) in [6.07, 6.45) is 5.61. The third-order valence-electron chi connectivity index (χ3n) is 3.50. The Balaban J connectivity index is 2.55. The topological polar surface area (TPSA) is 67.6 Å². The molecule has 4 heteroatoms. The number of nitrogens with two attached hydrogens (primary N) is 1. The molecule has 1 aromatic heterocycles. The van der Waals surface area contributed by atoms with Crippen molar-refractivity contribution in [2.24, 2.45) is 5.73 Å². The molecule has 0 amide bonds. The summed E-state index contributed by atoms with van der Waals surface area (Å²) < 4.78 is 0. The highest BCUT2D eigenvalue weighted by Gasteiger charge is 2.39. The van der Waals surface area contributed by atoms with Gasteiger partial charge in [-0.15, -0.1) is 0 Å². The van der Waals surface area contributed by atoms with Gasteiger partial charge in [-0.3, -0.25) is 5.10 Å². The van der Waals surface area contributed by atoms with Crippen LogP contribution < -0.4 is 5.73 Å². The van der Waals surface area contributed by atoms with Crippen LogP contribution in [0.1, 0.15) is 26.6 Å². The molecule has 3 N–H and O–H groups in total. The van der Waals surface area contributed by atoms with Crippen LogP contribution in [0.3, 0.4) is 0 Å². The molecule has 2 rings (SSSR count). The third kappa shape index (κ3) is 1.33. The van der Waals surface area contributed by atoms with Gasteiger partial charge in [0.15, 0.2) is 0 Å². The third-order valence-corrected chi connectivity index (χ3v) is 3.50. The maximum absolute atomic E-state index is 6.15. The highest BCUT2D eigenvalue weighted by Crippen LogP contribution is 2.37. The normalized spacial score (nSPS) is 31.1. The fourth-order valence-corrected chi connectivity index (χ4v) is 2.02. The minimum absolute atomic E-state index is 0.0610. The number of nitrogens with one attached hydrogen (secondary N) is 1. The second-order valence-electron chi connectivity index (χ2n) is 4.23. The van der Waals surface area contributed by atoms with E-state index in [4.69, 9.17) is 5.73 Å². The molecule has 0 radical (unpaired) electrons. The largest absolute Gasteiger partial charge is 0.323 e. The van der Waals surface area contributed by atoms with E-state index in [2.05, 4.69) is 42.0 Å². The van der Waals surface area contributed by atoms with E-state index in [1.54, 1.807) is 0 Å². The minimum Gasteiger partial charge on any atom is -0.323 e. The first kappa shape index (κ1) is 10.1. The summed E-state index contributed by atoms with van der Waals surface area (Å²) in [7, 11) is 0. The van der Waals surface area contributed by atoms with Crippen molar-refractivity contribution in [3.8, 4) is 0 Å². The molecule has 0 bridgehead atoms. The second kappa shape index (κ2) is 3.31. The molecule has 0 saturated carbocycles. The van der Waals surface area contributed by atoms with Crippen LogP contribution in [0.25, 0.3) is 0 Å². The molecule has 2 unspecified atom stereocenters. The summed E-state index contributed by atoms with van der Waals surface area (Å²) >= 11 is 0. The molecule has 0 saturated heterocycles. The van der Waals surface area contributed by atoms with Crippen molar-refractivity contribution in [3.63, 3.8) is 0 Å². The molecule has 1 aromatic rings. The van der Waals surface area contributed by atoms with E-state index in [0.717, 1.165) is 5.82 Å². The first-order valence-corrected chi connectivity index (χ1v) is 5.04. The fourth-order valence-electron chi connectivity index (χ4n) is 2.02. The molecule has 0 spiro atoms. The predicted octanol–water partition coefficient (Wildman–Crippen LogP) is 1.30. The van der Waals surface area contributed by atoms with Crippen LogP contribution in [-0.2, 0) is 5.41 Å². The molecule has 1 aliphatic rings. The van der Waals surface area contributed by atoms with Gasteiger partial charge < -0.3 is 5.73 Å². The van der Waals surface area contributed by atoms with Crippen LogP contribution in [0, 0.1) is 0 Å². The first-order chi connectivity index (χ1) is 7.06. The van der Waals surface area contributed by atoms with E-state index in [1.165, 1.54) is 17.5 Å². The number of rotatable bonds is 1. The van der Waals surface area contributed by atoms with Gasteiger partial charge in [0, 0.05) is 6.04 Å². The average Bonchev–Trinajstić information content (AvgIpc) is 2.74. The maximum atomic E-state index is 6.15. The van der Waals surface area contributed by atoms with E-state index in [-0.39, 0.29) is 11.5 Å². The Labute approximate surface area is 89.3 Å². The van der Waals surface area contributed by atoms with E-state index in [1.807, 2.05) is 6.08 Å². The van der Waals surface area contributed by atoms with Crippen LogP contribution in [0.2, 0.25) is 0 Å². The number of hydrogen-bond donors (Lipinski definition) is 2. The lowest BCUT2D eigenvalue weighted by molar-refractivity contribution is 0.457. The van der Waals surface area contributed by atoms with E-state index < -0.39 is 0 Å². The Bertz CT molecular complexity index is 416. The van der Waals surface area contributed by atoms with Crippen molar-refractivity contribution in [1.29, 1.82) is 0 Å². The summed E-state index contributed by atoms with van der Waals surface area (Å²) in [5.74, 6) is 0.830. The number of H-pyrrole nitrogens is 1. The SMILES string of the molecule is CC1=C(C)C(C)(c2ncn[nH]2)C(N)C=C1. The number of hydrogen-bond acceptors (Lipinski definition) is 3. The molecule has 15 heavy (non-hydrogen) atoms. The highest BCUT2D eigenvalue weighted by atomic mass is 15.2. The number of aromatic nitrogens is 3. The Morgan fingerprint density at radius 3 is 2.80 bits per heavy atom. The fraction of sp³-hybridized carbons (Fsp3) is 0.455. The first-order valence-electron chi connectivity index (χ1n) is 5.04. The Kier molecular flexibility index (Phi) is 2.23. The maximum Gasteiger partial charge on any atom is 0.137 e. The summed E-state index contributed by atoms with van der Waals surface area (Å²) in [4.78, 5) is 4.23. The summed E-state index contributed by atoms with van der Waals surface area (Å²) in [5, 5.41) is 6.82. The van der Waals surface area contributed by atoms with Crippen LogP contribution >= 0.6 is 0 Å². The molecule has 0 aliphatic heterocycles. The monoisotopic (exact) mass is 204 g/mol. The predicted molar refractivity (Wildman–Crippen MR) is 59.2 cm³/mol. The Morgan fingerprint density at radius 2 is 2.20 bits per heavy atom. The zero-order valence-electron chi connectivity index (χ0n) is 9.28. The highest BCUT2D eigenvalue weighted by molar-refractivity contribution is 5.42. The average molecular weight is 204 g/mol. The quantitative estimate of drug-likeness (QED) is 0.724. The zero-order chi connectivity index (χ0) is 11.1. The van der Waals surface area contributed by atoms with Gasteiger partial charge in [-0.25, -0.2) is 4.98 Å². The summed E-state index contributed by atoms with van der Waals surface area (Å²) in [5.41, 5.74) is 8.37. The van der Waals surface area contributed by atoms with E-state index >= 15 is 0 Å². The molecule has 80 valence electrons. The van der Waals surface area contributed by atoms with Crippen LogP contribution in [0.4, 0.5) is 0 Å². The van der Waals surface area contributed by atoms with Crippen LogP contribution in [0.15, 0.2) is 29.6 Å². The smallest absolute Gasteiger partial charge is 0.137 e. The number of nitrogens with zero attached hydrogens (tertiary/aromatic N) is 2. The second-order valence-corrected chi connectivity index (χ2v) is 4.23. The molecular weight excluding hydrogens is 188 g/mol. The van der Waals surface area contributed by atoms with E-state index in [9.17, 15) is 0 Å². The Hall–Kier alpha value is -1.42. The van der Waals surface area contributed by atoms with Crippen molar-refractivity contribution in [2.75, 3.05) is 0 Å². The molecule has 2 atom stereocenters. The van der Waals surface area contributed by atoms with Gasteiger partial charge in [-0.1, -0.05) is 23.3 Å². The standard InChI is InChI=1S/C11H16N4/c1-7-4-5-9(12)11(3,8(7)2)10-13-6-14-15-10/h4-6,9H,12H2,1-3H3,(H,13,14,15). The van der Waals surface area contributed by atoms with Crippen molar-refractivity contribution < 1.29 is 0 Å². The van der Waals surface area contributed by atoms with E-state index in [0.29, 0.717) is 0 Å². The number of allylic oxidation sites excluding steroid dienone is 2. The van der Waals surface area contributed by atoms with Crippen LogP contribution in [0.5, 0.6) is 0 Å². The van der Waals surface area contributed by atoms with Crippen molar-refractivity contribution in [2.45, 2.75) is 32.2 Å². The van der Waals surface area contributed by atoms with Crippen molar-refractivity contribution in [1.82, 2.24) is 15.2 Å².